The van der Waals surface area contributed by atoms with Gasteiger partial charge in [-0.1, -0.05) is 43.3 Å². The Kier molecular flexibility index (Phi) is 6.27. The maximum Gasteiger partial charge on any atom is 0.274 e. The van der Waals surface area contributed by atoms with Gasteiger partial charge in [0.15, 0.2) is 0 Å². The van der Waals surface area contributed by atoms with Crippen molar-refractivity contribution in [1.82, 2.24) is 4.98 Å². The van der Waals surface area contributed by atoms with Crippen LogP contribution in [0, 0.1) is 6.92 Å². The number of carbonyl (C=O) groups is 1. The van der Waals surface area contributed by atoms with Crippen molar-refractivity contribution in [2.75, 3.05) is 17.7 Å². The molecule has 0 aliphatic rings. The Hall–Kier alpha value is -3.34. The first kappa shape index (κ1) is 19.4. The van der Waals surface area contributed by atoms with Crippen molar-refractivity contribution < 1.29 is 9.53 Å². The zero-order chi connectivity index (χ0) is 19.9. The summed E-state index contributed by atoms with van der Waals surface area (Å²) in [4.78, 5) is 16.9. The van der Waals surface area contributed by atoms with Gasteiger partial charge in [-0.05, 0) is 42.7 Å². The van der Waals surface area contributed by atoms with E-state index in [4.69, 9.17) is 4.74 Å². The molecule has 2 aromatic carbocycles. The van der Waals surface area contributed by atoms with Crippen LogP contribution >= 0.6 is 0 Å². The van der Waals surface area contributed by atoms with Crippen LogP contribution in [0.25, 0.3) is 0 Å². The molecule has 1 heterocycles. The maximum atomic E-state index is 12.6. The standard InChI is InChI=1S/C23H25N3O2/c1-4-17-10-7-8-16(2)22(17)26-23(27)20-13-12-19(15-25-20)24-14-18-9-5-6-11-21(18)28-3/h5-13,15,24H,4,14H2,1-3H3,(H,26,27). The molecule has 0 atom stereocenters. The predicted octanol–water partition coefficient (Wildman–Crippen LogP) is 4.83. The van der Waals surface area contributed by atoms with E-state index in [1.54, 1.807) is 19.4 Å². The lowest BCUT2D eigenvalue weighted by Gasteiger charge is -2.13. The number of aromatic nitrogens is 1. The number of nitrogens with zero attached hydrogens (tertiary/aromatic N) is 1. The Bertz CT molecular complexity index is 952. The first-order valence-corrected chi connectivity index (χ1v) is 9.34. The van der Waals surface area contributed by atoms with Gasteiger partial charge in [-0.2, -0.15) is 0 Å². The SMILES string of the molecule is CCc1cccc(C)c1NC(=O)c1ccc(NCc2ccccc2OC)cn1. The smallest absolute Gasteiger partial charge is 0.274 e. The first-order valence-electron chi connectivity index (χ1n) is 9.34. The fourth-order valence-corrected chi connectivity index (χ4v) is 3.06. The van der Waals surface area contributed by atoms with Crippen LogP contribution in [0.4, 0.5) is 11.4 Å². The summed E-state index contributed by atoms with van der Waals surface area (Å²) in [6.45, 7) is 4.68. The van der Waals surface area contributed by atoms with Gasteiger partial charge in [0, 0.05) is 17.8 Å². The van der Waals surface area contributed by atoms with E-state index in [2.05, 4.69) is 22.5 Å². The van der Waals surface area contributed by atoms with E-state index >= 15 is 0 Å². The number of rotatable bonds is 7. The minimum Gasteiger partial charge on any atom is -0.496 e. The fraction of sp³-hybridized carbons (Fsp3) is 0.217. The molecule has 2 N–H and O–H groups in total. The fourth-order valence-electron chi connectivity index (χ4n) is 3.06. The molecule has 0 spiro atoms. The summed E-state index contributed by atoms with van der Waals surface area (Å²) < 4.78 is 5.36. The average molecular weight is 375 g/mol. The Morgan fingerprint density at radius 3 is 2.54 bits per heavy atom. The van der Waals surface area contributed by atoms with E-state index in [9.17, 15) is 4.79 Å². The number of amides is 1. The molecule has 1 amide bonds. The third kappa shape index (κ3) is 4.49. The van der Waals surface area contributed by atoms with Crippen molar-refractivity contribution >= 4 is 17.3 Å². The Balaban J connectivity index is 1.66. The minimum atomic E-state index is -0.208. The zero-order valence-electron chi connectivity index (χ0n) is 16.5. The molecule has 3 aromatic rings. The Labute approximate surface area is 165 Å². The van der Waals surface area contributed by atoms with Gasteiger partial charge in [0.05, 0.1) is 19.0 Å². The molecule has 0 bridgehead atoms. The summed E-state index contributed by atoms with van der Waals surface area (Å²) in [6, 6.07) is 17.5. The highest BCUT2D eigenvalue weighted by molar-refractivity contribution is 6.03. The number of para-hydroxylation sites is 2. The largest absolute Gasteiger partial charge is 0.496 e. The highest BCUT2D eigenvalue weighted by atomic mass is 16.5. The van der Waals surface area contributed by atoms with Crippen molar-refractivity contribution in [2.24, 2.45) is 0 Å². The third-order valence-electron chi connectivity index (χ3n) is 4.65. The number of nitrogens with one attached hydrogen (secondary N) is 2. The lowest BCUT2D eigenvalue weighted by Crippen LogP contribution is -2.16. The lowest BCUT2D eigenvalue weighted by atomic mass is 10.1. The average Bonchev–Trinajstić information content (AvgIpc) is 2.74. The van der Waals surface area contributed by atoms with E-state index in [-0.39, 0.29) is 5.91 Å². The maximum absolute atomic E-state index is 12.6. The van der Waals surface area contributed by atoms with Gasteiger partial charge >= 0.3 is 0 Å². The summed E-state index contributed by atoms with van der Waals surface area (Å²) in [7, 11) is 1.66. The van der Waals surface area contributed by atoms with Crippen LogP contribution in [0.15, 0.2) is 60.8 Å². The number of anilines is 2. The molecule has 144 valence electrons. The molecule has 0 unspecified atom stereocenters. The van der Waals surface area contributed by atoms with Crippen LogP contribution in [0.2, 0.25) is 0 Å². The van der Waals surface area contributed by atoms with Crippen molar-refractivity contribution in [3.63, 3.8) is 0 Å². The molecule has 5 heteroatoms. The Morgan fingerprint density at radius 2 is 1.82 bits per heavy atom. The van der Waals surface area contributed by atoms with Gasteiger partial charge in [0.2, 0.25) is 0 Å². The summed E-state index contributed by atoms with van der Waals surface area (Å²) in [5, 5.41) is 6.30. The van der Waals surface area contributed by atoms with Crippen molar-refractivity contribution in [3.05, 3.63) is 83.2 Å². The molecular weight excluding hydrogens is 350 g/mol. The number of benzene rings is 2. The molecule has 5 nitrogen and oxygen atoms in total. The summed E-state index contributed by atoms with van der Waals surface area (Å²) >= 11 is 0. The topological polar surface area (TPSA) is 63.2 Å². The lowest BCUT2D eigenvalue weighted by molar-refractivity contribution is 0.102. The van der Waals surface area contributed by atoms with Crippen LogP contribution in [-0.4, -0.2) is 18.0 Å². The van der Waals surface area contributed by atoms with Gasteiger partial charge in [-0.25, -0.2) is 4.98 Å². The molecule has 0 saturated carbocycles. The number of ether oxygens (including phenoxy) is 1. The molecule has 0 saturated heterocycles. The van der Waals surface area contributed by atoms with Gasteiger partial charge in [0.1, 0.15) is 11.4 Å². The molecule has 0 aliphatic heterocycles. The number of methoxy groups -OCH3 is 1. The number of hydrogen-bond donors (Lipinski definition) is 2. The summed E-state index contributed by atoms with van der Waals surface area (Å²) in [6.07, 6.45) is 2.53. The number of aryl methyl sites for hydroxylation is 2. The van der Waals surface area contributed by atoms with Crippen LogP contribution in [0.3, 0.4) is 0 Å². The second kappa shape index (κ2) is 9.04. The number of pyridine rings is 1. The van der Waals surface area contributed by atoms with Crippen LogP contribution in [0.1, 0.15) is 34.1 Å². The third-order valence-corrected chi connectivity index (χ3v) is 4.65. The highest BCUT2D eigenvalue weighted by Crippen LogP contribution is 2.22. The van der Waals surface area contributed by atoms with Crippen molar-refractivity contribution in [1.29, 1.82) is 0 Å². The monoisotopic (exact) mass is 375 g/mol. The molecule has 0 radical (unpaired) electrons. The van der Waals surface area contributed by atoms with Crippen LogP contribution in [0.5, 0.6) is 5.75 Å². The molecule has 1 aromatic heterocycles. The van der Waals surface area contributed by atoms with E-state index in [0.29, 0.717) is 12.2 Å². The van der Waals surface area contributed by atoms with E-state index in [1.807, 2.05) is 55.5 Å². The normalized spacial score (nSPS) is 10.4. The molecular formula is C23H25N3O2. The number of carbonyl (C=O) groups excluding carboxylic acids is 1. The minimum absolute atomic E-state index is 0.208. The van der Waals surface area contributed by atoms with Crippen molar-refractivity contribution in [2.45, 2.75) is 26.8 Å². The highest BCUT2D eigenvalue weighted by Gasteiger charge is 2.12. The van der Waals surface area contributed by atoms with Crippen LogP contribution in [-0.2, 0) is 13.0 Å². The quantitative estimate of drug-likeness (QED) is 0.621. The molecule has 0 aliphatic carbocycles. The summed E-state index contributed by atoms with van der Waals surface area (Å²) in [5.41, 5.74) is 5.31. The second-order valence-electron chi connectivity index (χ2n) is 6.51. The van der Waals surface area contributed by atoms with E-state index in [0.717, 1.165) is 40.2 Å². The summed E-state index contributed by atoms with van der Waals surface area (Å²) in [5.74, 6) is 0.629. The molecule has 3 rings (SSSR count). The molecule has 0 fully saturated rings. The number of hydrogen-bond acceptors (Lipinski definition) is 4. The molecule has 28 heavy (non-hydrogen) atoms. The predicted molar refractivity (Wildman–Crippen MR) is 113 cm³/mol. The van der Waals surface area contributed by atoms with Gasteiger partial charge in [-0.15, -0.1) is 0 Å². The van der Waals surface area contributed by atoms with Gasteiger partial charge in [-0.3, -0.25) is 4.79 Å². The van der Waals surface area contributed by atoms with Crippen LogP contribution < -0.4 is 15.4 Å². The van der Waals surface area contributed by atoms with Gasteiger partial charge < -0.3 is 15.4 Å². The second-order valence-corrected chi connectivity index (χ2v) is 6.51. The van der Waals surface area contributed by atoms with E-state index < -0.39 is 0 Å². The van der Waals surface area contributed by atoms with E-state index in [1.165, 1.54) is 0 Å². The first-order chi connectivity index (χ1) is 13.6. The van der Waals surface area contributed by atoms with Crippen molar-refractivity contribution in [3.8, 4) is 5.75 Å². The zero-order valence-corrected chi connectivity index (χ0v) is 16.5. The van der Waals surface area contributed by atoms with Gasteiger partial charge in [0.25, 0.3) is 5.91 Å². The Morgan fingerprint density at radius 1 is 1.04 bits per heavy atom.